The fraction of sp³-hybridized carbons (Fsp3) is 0.250. The third kappa shape index (κ3) is 5.07. The molecular formula is C12H16N6O4. The molecule has 118 valence electrons. The molecule has 5 N–H and O–H groups in total. The van der Waals surface area contributed by atoms with Crippen molar-refractivity contribution in [1.82, 2.24) is 0 Å². The van der Waals surface area contributed by atoms with Gasteiger partial charge in [0, 0.05) is 5.71 Å². The lowest BCUT2D eigenvalue weighted by atomic mass is 10.2. The van der Waals surface area contributed by atoms with Crippen LogP contribution in [0.2, 0.25) is 0 Å². The minimum Gasteiger partial charge on any atom is -0.496 e. The fourth-order valence-corrected chi connectivity index (χ4v) is 1.50. The number of ether oxygens (including phenoxy) is 1. The smallest absolute Gasteiger partial charge is 0.296 e. The first kappa shape index (κ1) is 16.9. The summed E-state index contributed by atoms with van der Waals surface area (Å²) >= 11 is 0. The van der Waals surface area contributed by atoms with Crippen molar-refractivity contribution in [3.63, 3.8) is 0 Å². The average Bonchev–Trinajstić information content (AvgIpc) is 2.45. The molecule has 10 heteroatoms. The van der Waals surface area contributed by atoms with Crippen LogP contribution in [0, 0.1) is 10.1 Å². The van der Waals surface area contributed by atoms with E-state index in [0.29, 0.717) is 11.5 Å². The number of nitro benzene ring substituents is 1. The molecule has 0 heterocycles. The molecule has 1 rings (SSSR count). The number of methoxy groups -OCH3 is 1. The second kappa shape index (κ2) is 7.57. The predicted octanol–water partition coefficient (Wildman–Crippen LogP) is 0.581. The first-order valence-electron chi connectivity index (χ1n) is 6.07. The number of nitrogens with one attached hydrogen (secondary N) is 1. The third-order valence-corrected chi connectivity index (χ3v) is 2.43. The normalized spacial score (nSPS) is 10.7. The topological polar surface area (TPSA) is 158 Å². The van der Waals surface area contributed by atoms with E-state index in [1.54, 1.807) is 6.92 Å². The fourth-order valence-electron chi connectivity index (χ4n) is 1.50. The van der Waals surface area contributed by atoms with Crippen molar-refractivity contribution >= 4 is 29.0 Å². The highest BCUT2D eigenvalue weighted by atomic mass is 16.6. The highest BCUT2D eigenvalue weighted by molar-refractivity contribution is 6.06. The van der Waals surface area contributed by atoms with Crippen LogP contribution < -0.4 is 21.5 Å². The first-order chi connectivity index (χ1) is 10.3. The summed E-state index contributed by atoms with van der Waals surface area (Å²) < 4.78 is 4.91. The number of benzene rings is 1. The molecule has 0 aromatic heterocycles. The molecule has 0 aliphatic carbocycles. The third-order valence-electron chi connectivity index (χ3n) is 2.43. The lowest BCUT2D eigenvalue weighted by Gasteiger charge is -2.07. The van der Waals surface area contributed by atoms with Crippen molar-refractivity contribution < 1.29 is 14.5 Å². The van der Waals surface area contributed by atoms with Crippen LogP contribution in [0.4, 0.5) is 11.4 Å². The maximum Gasteiger partial charge on any atom is 0.296 e. The number of nitrogens with two attached hydrogens (primary N) is 2. The van der Waals surface area contributed by atoms with Crippen molar-refractivity contribution in [3.8, 4) is 5.75 Å². The predicted molar refractivity (Wildman–Crippen MR) is 81.8 cm³/mol. The van der Waals surface area contributed by atoms with E-state index in [4.69, 9.17) is 16.2 Å². The van der Waals surface area contributed by atoms with Gasteiger partial charge in [0.1, 0.15) is 11.4 Å². The van der Waals surface area contributed by atoms with E-state index >= 15 is 0 Å². The lowest BCUT2D eigenvalue weighted by molar-refractivity contribution is -0.384. The second-order valence-electron chi connectivity index (χ2n) is 4.23. The molecule has 0 radical (unpaired) electrons. The minimum atomic E-state index is -0.613. The number of amides is 1. The summed E-state index contributed by atoms with van der Waals surface area (Å²) in [6.45, 7) is 1.55. The molecule has 0 aliphatic rings. The first-order valence-corrected chi connectivity index (χ1v) is 6.07. The van der Waals surface area contributed by atoms with Crippen LogP contribution in [0.25, 0.3) is 0 Å². The van der Waals surface area contributed by atoms with Crippen LogP contribution in [0.1, 0.15) is 13.3 Å². The van der Waals surface area contributed by atoms with Crippen molar-refractivity contribution in [2.75, 3.05) is 12.4 Å². The standard InChI is InChI=1S/C12H16N6O4/c1-7(16-17-12(13)14)5-11(19)15-9-4-3-8(22-2)6-10(9)18(20)21/h3-4,6H,5H2,1-2H3,(H,15,19)(H4,13,14,17). The zero-order chi connectivity index (χ0) is 16.7. The number of hydrogen-bond acceptors (Lipinski definition) is 6. The number of hydrogen-bond donors (Lipinski definition) is 3. The zero-order valence-electron chi connectivity index (χ0n) is 12.1. The molecule has 22 heavy (non-hydrogen) atoms. The highest BCUT2D eigenvalue weighted by Crippen LogP contribution is 2.28. The van der Waals surface area contributed by atoms with Crippen LogP contribution in [0.3, 0.4) is 0 Å². The van der Waals surface area contributed by atoms with Gasteiger partial charge in [-0.15, -0.1) is 5.10 Å². The molecule has 1 amide bonds. The van der Waals surface area contributed by atoms with Gasteiger partial charge in [-0.05, 0) is 19.1 Å². The maximum absolute atomic E-state index is 11.8. The Balaban J connectivity index is 2.86. The van der Waals surface area contributed by atoms with Gasteiger partial charge < -0.3 is 21.5 Å². The lowest BCUT2D eigenvalue weighted by Crippen LogP contribution is -2.22. The van der Waals surface area contributed by atoms with E-state index < -0.39 is 10.8 Å². The monoisotopic (exact) mass is 308 g/mol. The van der Waals surface area contributed by atoms with Crippen LogP contribution >= 0.6 is 0 Å². The van der Waals surface area contributed by atoms with Crippen molar-refractivity contribution in [2.24, 2.45) is 21.7 Å². The number of guanidine groups is 1. The van der Waals surface area contributed by atoms with E-state index in [-0.39, 0.29) is 23.8 Å². The number of carbonyl (C=O) groups excluding carboxylic acids is 1. The molecular weight excluding hydrogens is 292 g/mol. The van der Waals surface area contributed by atoms with Gasteiger partial charge in [-0.25, -0.2) is 0 Å². The van der Waals surface area contributed by atoms with Crippen molar-refractivity contribution in [2.45, 2.75) is 13.3 Å². The Bertz CT molecular complexity index is 637. The molecule has 0 spiro atoms. The Morgan fingerprint density at radius 2 is 2.09 bits per heavy atom. The van der Waals surface area contributed by atoms with E-state index in [1.165, 1.54) is 25.3 Å². The second-order valence-corrected chi connectivity index (χ2v) is 4.23. The molecule has 0 bridgehead atoms. The van der Waals surface area contributed by atoms with E-state index in [0.717, 1.165) is 0 Å². The minimum absolute atomic E-state index is 0.0606. The molecule has 1 aromatic rings. The average molecular weight is 308 g/mol. The van der Waals surface area contributed by atoms with Crippen LogP contribution in [-0.4, -0.2) is 29.6 Å². The van der Waals surface area contributed by atoms with E-state index in [9.17, 15) is 14.9 Å². The molecule has 0 aliphatic heterocycles. The van der Waals surface area contributed by atoms with Gasteiger partial charge in [-0.2, -0.15) is 5.10 Å². The van der Waals surface area contributed by atoms with Crippen molar-refractivity contribution in [1.29, 1.82) is 0 Å². The van der Waals surface area contributed by atoms with Crippen LogP contribution in [0.15, 0.2) is 28.4 Å². The van der Waals surface area contributed by atoms with Gasteiger partial charge in [0.2, 0.25) is 11.9 Å². The van der Waals surface area contributed by atoms with Gasteiger partial charge in [0.15, 0.2) is 0 Å². The quantitative estimate of drug-likeness (QED) is 0.302. The van der Waals surface area contributed by atoms with E-state index in [2.05, 4.69) is 15.5 Å². The van der Waals surface area contributed by atoms with Crippen LogP contribution in [0.5, 0.6) is 5.75 Å². The Morgan fingerprint density at radius 3 is 2.64 bits per heavy atom. The SMILES string of the molecule is COc1ccc(NC(=O)CC(C)=NN=C(N)N)c([N+](=O)[O-])c1. The molecule has 0 saturated carbocycles. The summed E-state index contributed by atoms with van der Waals surface area (Å²) in [6.07, 6.45) is -0.111. The summed E-state index contributed by atoms with van der Waals surface area (Å²) in [6, 6.07) is 4.11. The number of carbonyl (C=O) groups is 1. The summed E-state index contributed by atoms with van der Waals surface area (Å²) in [5.41, 5.74) is 10.4. The number of nitrogens with zero attached hydrogens (tertiary/aromatic N) is 3. The van der Waals surface area contributed by atoms with Gasteiger partial charge in [0.05, 0.1) is 24.5 Å². The zero-order valence-corrected chi connectivity index (χ0v) is 12.1. The molecule has 0 atom stereocenters. The molecule has 10 nitrogen and oxygen atoms in total. The van der Waals surface area contributed by atoms with Crippen LogP contribution in [-0.2, 0) is 4.79 Å². The van der Waals surface area contributed by atoms with Gasteiger partial charge in [-0.1, -0.05) is 0 Å². The number of nitro groups is 1. The van der Waals surface area contributed by atoms with Gasteiger partial charge in [0.25, 0.3) is 5.69 Å². The highest BCUT2D eigenvalue weighted by Gasteiger charge is 2.17. The number of rotatable bonds is 6. The largest absolute Gasteiger partial charge is 0.496 e. The molecule has 1 aromatic carbocycles. The number of anilines is 1. The Hall–Kier alpha value is -3.17. The summed E-state index contributed by atoms with van der Waals surface area (Å²) in [5, 5.41) is 20.5. The molecule has 0 unspecified atom stereocenters. The summed E-state index contributed by atoms with van der Waals surface area (Å²) in [4.78, 5) is 22.2. The van der Waals surface area contributed by atoms with E-state index in [1.807, 2.05) is 0 Å². The van der Waals surface area contributed by atoms with Gasteiger partial charge in [-0.3, -0.25) is 14.9 Å². The van der Waals surface area contributed by atoms with Gasteiger partial charge >= 0.3 is 0 Å². The Morgan fingerprint density at radius 1 is 1.41 bits per heavy atom. The molecule has 0 fully saturated rings. The maximum atomic E-state index is 11.8. The Labute approximate surface area is 126 Å². The van der Waals surface area contributed by atoms with Crippen molar-refractivity contribution in [3.05, 3.63) is 28.3 Å². The Kier molecular flexibility index (Phi) is 5.81. The molecule has 0 saturated heterocycles. The summed E-state index contributed by atoms with van der Waals surface area (Å²) in [5.74, 6) is -0.402. The summed E-state index contributed by atoms with van der Waals surface area (Å²) in [7, 11) is 1.39.